The number of hydrogen-bond donors (Lipinski definition) is 3. The highest BCUT2D eigenvalue weighted by Crippen LogP contribution is 2.30. The van der Waals surface area contributed by atoms with E-state index in [9.17, 15) is 19.1 Å². The van der Waals surface area contributed by atoms with Crippen molar-refractivity contribution in [2.75, 3.05) is 5.32 Å². The van der Waals surface area contributed by atoms with Gasteiger partial charge in [-0.2, -0.15) is 0 Å². The third-order valence-electron chi connectivity index (χ3n) is 4.57. The van der Waals surface area contributed by atoms with Crippen molar-refractivity contribution in [3.05, 3.63) is 102 Å². The number of nitrogens with one attached hydrogen (secondary N) is 1. The molecule has 8 heteroatoms. The molecular weight excluding hydrogens is 429 g/mol. The molecule has 3 N–H and O–H groups in total. The molecule has 0 heterocycles. The van der Waals surface area contributed by atoms with E-state index in [0.29, 0.717) is 11.4 Å². The average Bonchev–Trinajstić information content (AvgIpc) is 2.79. The van der Waals surface area contributed by atoms with Crippen molar-refractivity contribution >= 4 is 17.7 Å². The van der Waals surface area contributed by atoms with Crippen LogP contribution in [0.15, 0.2) is 84.9 Å². The lowest BCUT2D eigenvalue weighted by Gasteiger charge is -2.26. The van der Waals surface area contributed by atoms with Crippen LogP contribution >= 0.6 is 0 Å². The van der Waals surface area contributed by atoms with Gasteiger partial charge in [-0.3, -0.25) is 5.32 Å². The van der Waals surface area contributed by atoms with Gasteiger partial charge in [0.15, 0.2) is 23.8 Å². The normalized spacial score (nSPS) is 12.7. The molecule has 33 heavy (non-hydrogen) atoms. The molecule has 7 nitrogen and oxygen atoms in total. The highest BCUT2D eigenvalue weighted by atomic mass is 19.1. The van der Waals surface area contributed by atoms with E-state index in [-0.39, 0.29) is 5.56 Å². The number of carboxylic acids is 1. The Bertz CT molecular complexity index is 1130. The predicted octanol–water partition coefficient (Wildman–Crippen LogP) is 5.22. The largest absolute Gasteiger partial charge is 0.505 e. The number of aliphatic carboxylic acids is 1. The van der Waals surface area contributed by atoms with E-state index in [0.717, 1.165) is 23.8 Å². The number of aryl methyl sites for hydroxylation is 1. The highest BCUT2D eigenvalue weighted by Gasteiger charge is 2.28. The van der Waals surface area contributed by atoms with Gasteiger partial charge in [-0.05, 0) is 55.0 Å². The van der Waals surface area contributed by atoms with Crippen LogP contribution in [0.2, 0.25) is 0 Å². The van der Waals surface area contributed by atoms with Crippen LogP contribution in [0.4, 0.5) is 14.9 Å². The van der Waals surface area contributed by atoms with E-state index in [1.165, 1.54) is 12.1 Å². The molecular formula is C25H22FNO6. The van der Waals surface area contributed by atoms with Crippen LogP contribution in [-0.4, -0.2) is 28.4 Å². The first-order chi connectivity index (χ1) is 15.8. The predicted molar refractivity (Wildman–Crippen MR) is 120 cm³/mol. The molecule has 0 saturated heterocycles. The van der Waals surface area contributed by atoms with Gasteiger partial charge in [-0.1, -0.05) is 42.0 Å². The zero-order valence-electron chi connectivity index (χ0n) is 17.6. The molecule has 170 valence electrons. The number of rotatable bonds is 8. The second kappa shape index (κ2) is 10.8. The molecule has 0 fully saturated rings. The van der Waals surface area contributed by atoms with Gasteiger partial charge >= 0.3 is 12.1 Å². The molecule has 0 aliphatic rings. The first-order valence-electron chi connectivity index (χ1n) is 9.97. The maximum Gasteiger partial charge on any atom is 0.412 e. The molecule has 3 rings (SSSR count). The molecule has 2 atom stereocenters. The van der Waals surface area contributed by atoms with Crippen molar-refractivity contribution in [2.24, 2.45) is 0 Å². The fourth-order valence-corrected chi connectivity index (χ4v) is 2.96. The summed E-state index contributed by atoms with van der Waals surface area (Å²) in [4.78, 5) is 23.8. The lowest BCUT2D eigenvalue weighted by atomic mass is 10.0. The molecule has 3 aromatic carbocycles. The average molecular weight is 451 g/mol. The third kappa shape index (κ3) is 6.83. The summed E-state index contributed by atoms with van der Waals surface area (Å²) < 4.78 is 25.5. The summed E-state index contributed by atoms with van der Waals surface area (Å²) in [6.45, 7) is 1.90. The smallest absolute Gasteiger partial charge is 0.412 e. The van der Waals surface area contributed by atoms with Crippen LogP contribution in [0.1, 0.15) is 17.2 Å². The molecule has 3 aromatic rings. The van der Waals surface area contributed by atoms with Gasteiger partial charge in [0.05, 0.1) is 0 Å². The number of phenols is 1. The van der Waals surface area contributed by atoms with Gasteiger partial charge in [0.2, 0.25) is 0 Å². The number of phenolic OH excluding ortho intramolecular Hbond substituents is 1. The Kier molecular flexibility index (Phi) is 7.64. The number of para-hydroxylation sites is 1. The van der Waals surface area contributed by atoms with E-state index in [1.54, 1.807) is 54.6 Å². The summed E-state index contributed by atoms with van der Waals surface area (Å²) in [6, 6.07) is 18.9. The van der Waals surface area contributed by atoms with Gasteiger partial charge in [0, 0.05) is 11.8 Å². The lowest BCUT2D eigenvalue weighted by Crippen LogP contribution is -2.30. The summed E-state index contributed by atoms with van der Waals surface area (Å²) in [5.41, 5.74) is 1.63. The van der Waals surface area contributed by atoms with Gasteiger partial charge < -0.3 is 19.7 Å². The van der Waals surface area contributed by atoms with E-state index in [2.05, 4.69) is 5.32 Å². The van der Waals surface area contributed by atoms with Gasteiger partial charge in [-0.25, -0.2) is 14.0 Å². The number of anilines is 1. The minimum atomic E-state index is -1.25. The van der Waals surface area contributed by atoms with Crippen molar-refractivity contribution in [3.63, 3.8) is 0 Å². The van der Waals surface area contributed by atoms with E-state index in [1.807, 2.05) is 6.92 Å². The Morgan fingerprint density at radius 1 is 1.03 bits per heavy atom. The van der Waals surface area contributed by atoms with Crippen molar-refractivity contribution in [2.45, 2.75) is 19.1 Å². The zero-order chi connectivity index (χ0) is 23.8. The monoisotopic (exact) mass is 451 g/mol. The van der Waals surface area contributed by atoms with Crippen LogP contribution in [0.3, 0.4) is 0 Å². The molecule has 1 amide bonds. The van der Waals surface area contributed by atoms with Crippen LogP contribution in [0.25, 0.3) is 0 Å². The van der Waals surface area contributed by atoms with E-state index < -0.39 is 35.8 Å². The molecule has 0 bridgehead atoms. The number of carbonyl (C=O) groups excluding carboxylic acids is 1. The Balaban J connectivity index is 1.94. The second-order valence-corrected chi connectivity index (χ2v) is 7.12. The van der Waals surface area contributed by atoms with Crippen LogP contribution in [-0.2, 0) is 9.53 Å². The second-order valence-electron chi connectivity index (χ2n) is 7.12. The lowest BCUT2D eigenvalue weighted by molar-refractivity contribution is -0.131. The van der Waals surface area contributed by atoms with Crippen LogP contribution < -0.4 is 10.1 Å². The number of benzene rings is 3. The quantitative estimate of drug-likeness (QED) is 0.406. The Morgan fingerprint density at radius 2 is 1.73 bits per heavy atom. The van der Waals surface area contributed by atoms with E-state index in [4.69, 9.17) is 14.6 Å². The standard InChI is InChI=1S/C25H22FNO6/c1-16-7-10-18(11-8-16)27-25(31)33-24(17-9-12-21(28)20(26)15-17)22(13-14-23(29)30)32-19-5-3-2-4-6-19/h2-15,22,24,28H,1H3,(H,27,31)(H,29,30)/b14-13+/t22-,24-/m1/s1. The molecule has 0 aliphatic carbocycles. The highest BCUT2D eigenvalue weighted by molar-refractivity contribution is 5.85. The Labute approximate surface area is 189 Å². The topological polar surface area (TPSA) is 105 Å². The number of amides is 1. The number of carbonyl (C=O) groups is 2. The Morgan fingerprint density at radius 3 is 2.36 bits per heavy atom. The molecule has 0 unspecified atom stereocenters. The number of hydrogen-bond acceptors (Lipinski definition) is 5. The maximum absolute atomic E-state index is 14.1. The minimum Gasteiger partial charge on any atom is -0.505 e. The SMILES string of the molecule is Cc1ccc(NC(=O)O[C@H](c2ccc(O)c(F)c2)[C@@H](/C=C/C(=O)O)Oc2ccccc2)cc1. The number of halogens is 1. The summed E-state index contributed by atoms with van der Waals surface area (Å²) in [5, 5.41) is 21.2. The fourth-order valence-electron chi connectivity index (χ4n) is 2.96. The fraction of sp³-hybridized carbons (Fsp3) is 0.120. The first kappa shape index (κ1) is 23.3. The Hall–Kier alpha value is -4.33. The van der Waals surface area contributed by atoms with Crippen molar-refractivity contribution in [1.29, 1.82) is 0 Å². The summed E-state index contributed by atoms with van der Waals surface area (Å²) in [6.07, 6.45) is -1.19. The first-order valence-corrected chi connectivity index (χ1v) is 9.97. The van der Waals surface area contributed by atoms with E-state index >= 15 is 0 Å². The van der Waals surface area contributed by atoms with Crippen molar-refractivity contribution in [3.8, 4) is 11.5 Å². The molecule has 0 aliphatic heterocycles. The van der Waals surface area contributed by atoms with Gasteiger partial charge in [-0.15, -0.1) is 0 Å². The number of carboxylic acid groups (broad SMARTS) is 1. The van der Waals surface area contributed by atoms with Gasteiger partial charge in [0.25, 0.3) is 0 Å². The van der Waals surface area contributed by atoms with Crippen molar-refractivity contribution in [1.82, 2.24) is 0 Å². The van der Waals surface area contributed by atoms with Crippen LogP contribution in [0.5, 0.6) is 11.5 Å². The summed E-state index contributed by atoms with van der Waals surface area (Å²) in [5.74, 6) is -2.37. The summed E-state index contributed by atoms with van der Waals surface area (Å²) >= 11 is 0. The van der Waals surface area contributed by atoms with Gasteiger partial charge in [0.1, 0.15) is 5.75 Å². The molecule has 0 saturated carbocycles. The molecule has 0 radical (unpaired) electrons. The van der Waals surface area contributed by atoms with Crippen LogP contribution in [0, 0.1) is 12.7 Å². The molecule has 0 spiro atoms. The molecule has 0 aromatic heterocycles. The number of aromatic hydroxyl groups is 1. The minimum absolute atomic E-state index is 0.153. The third-order valence-corrected chi connectivity index (χ3v) is 4.57. The summed E-state index contributed by atoms with van der Waals surface area (Å²) in [7, 11) is 0. The zero-order valence-corrected chi connectivity index (χ0v) is 17.6. The number of ether oxygens (including phenoxy) is 2. The maximum atomic E-state index is 14.1. The van der Waals surface area contributed by atoms with Crippen molar-refractivity contribution < 1.29 is 33.7 Å².